The number of aromatic nitrogens is 4. The van der Waals surface area contributed by atoms with Crippen LogP contribution in [-0.2, 0) is 17.9 Å². The Morgan fingerprint density at radius 1 is 1.13 bits per heavy atom. The Morgan fingerprint density at radius 3 is 2.83 bits per heavy atom. The van der Waals surface area contributed by atoms with E-state index in [2.05, 4.69) is 46.4 Å². The van der Waals surface area contributed by atoms with Crippen molar-refractivity contribution in [1.29, 1.82) is 0 Å². The van der Waals surface area contributed by atoms with Gasteiger partial charge in [0.15, 0.2) is 5.69 Å². The quantitative estimate of drug-likeness (QED) is 0.486. The second-order valence-corrected chi connectivity index (χ2v) is 7.30. The molecule has 0 aliphatic carbocycles. The summed E-state index contributed by atoms with van der Waals surface area (Å²) in [6.07, 6.45) is -0.0228. The van der Waals surface area contributed by atoms with E-state index in [0.29, 0.717) is 37.2 Å². The summed E-state index contributed by atoms with van der Waals surface area (Å²) in [7, 11) is 0. The third kappa shape index (κ3) is 3.59. The van der Waals surface area contributed by atoms with Gasteiger partial charge in [0.2, 0.25) is 5.82 Å². The van der Waals surface area contributed by atoms with Crippen molar-refractivity contribution in [3.63, 3.8) is 0 Å². The first-order valence-electron chi connectivity index (χ1n) is 10.0. The average molecular weight is 402 g/mol. The molecule has 0 radical (unpaired) electrons. The molecule has 2 aromatic heterocycles. The predicted octanol–water partition coefficient (Wildman–Crippen LogP) is 4.58. The first kappa shape index (κ1) is 18.6. The molecule has 0 unspecified atom stereocenters. The molecule has 1 atom stereocenters. The highest BCUT2D eigenvalue weighted by molar-refractivity contribution is 5.59. The van der Waals surface area contributed by atoms with E-state index in [1.165, 1.54) is 5.56 Å². The first-order valence-corrected chi connectivity index (χ1v) is 10.0. The van der Waals surface area contributed by atoms with Crippen LogP contribution < -0.4 is 4.74 Å². The third-order valence-corrected chi connectivity index (χ3v) is 5.13. The monoisotopic (exact) mass is 402 g/mol. The highest BCUT2D eigenvalue weighted by atomic mass is 16.5. The fourth-order valence-corrected chi connectivity index (χ4v) is 3.55. The Hall–Kier alpha value is -3.45. The average Bonchev–Trinajstić information content (AvgIpc) is 3.41. The van der Waals surface area contributed by atoms with Crippen LogP contribution >= 0.6 is 0 Å². The second-order valence-electron chi connectivity index (χ2n) is 7.30. The standard InChI is InChI=1S/C23H22N4O3/c1-3-28-19-6-4-5-17(11-19)22-24-23(30-26-22)20-12-18-14-29-21(13-27(18)25-20)16-9-7-15(2)8-10-16/h4-12,21H,3,13-14H2,1-2H3/t21-/m0/s1. The highest BCUT2D eigenvalue weighted by Gasteiger charge is 2.24. The Bertz CT molecular complexity index is 1160. The van der Waals surface area contributed by atoms with Crippen LogP contribution in [0.2, 0.25) is 0 Å². The summed E-state index contributed by atoms with van der Waals surface area (Å²) in [6, 6.07) is 18.0. The summed E-state index contributed by atoms with van der Waals surface area (Å²) in [4.78, 5) is 4.53. The van der Waals surface area contributed by atoms with Gasteiger partial charge in [-0.2, -0.15) is 10.1 Å². The van der Waals surface area contributed by atoms with Gasteiger partial charge < -0.3 is 14.0 Å². The van der Waals surface area contributed by atoms with Crippen LogP contribution in [-0.4, -0.2) is 26.5 Å². The summed E-state index contributed by atoms with van der Waals surface area (Å²) in [6.45, 7) is 5.77. The van der Waals surface area contributed by atoms with E-state index in [9.17, 15) is 0 Å². The van der Waals surface area contributed by atoms with E-state index in [1.54, 1.807) is 0 Å². The zero-order valence-electron chi connectivity index (χ0n) is 16.9. The number of aryl methyl sites for hydroxylation is 1. The lowest BCUT2D eigenvalue weighted by molar-refractivity contribution is -0.00113. The molecule has 152 valence electrons. The molecule has 0 fully saturated rings. The van der Waals surface area contributed by atoms with Gasteiger partial charge in [-0.1, -0.05) is 47.1 Å². The number of benzene rings is 2. The van der Waals surface area contributed by atoms with Gasteiger partial charge in [-0.25, -0.2) is 0 Å². The number of hydrogen-bond donors (Lipinski definition) is 0. The van der Waals surface area contributed by atoms with Crippen molar-refractivity contribution in [2.24, 2.45) is 0 Å². The van der Waals surface area contributed by atoms with Gasteiger partial charge in [0, 0.05) is 5.56 Å². The molecule has 0 spiro atoms. The van der Waals surface area contributed by atoms with Crippen molar-refractivity contribution in [2.45, 2.75) is 33.1 Å². The zero-order chi connectivity index (χ0) is 20.5. The molecule has 7 nitrogen and oxygen atoms in total. The summed E-state index contributed by atoms with van der Waals surface area (Å²) >= 11 is 0. The Labute approximate surface area is 174 Å². The lowest BCUT2D eigenvalue weighted by atomic mass is 10.1. The van der Waals surface area contributed by atoms with Crippen LogP contribution in [0.5, 0.6) is 5.75 Å². The van der Waals surface area contributed by atoms with E-state index < -0.39 is 0 Å². The minimum absolute atomic E-state index is 0.0228. The maximum atomic E-state index is 6.05. The number of rotatable bonds is 5. The summed E-state index contributed by atoms with van der Waals surface area (Å²) in [5.74, 6) is 1.67. The summed E-state index contributed by atoms with van der Waals surface area (Å²) < 4.78 is 19.1. The van der Waals surface area contributed by atoms with Gasteiger partial charge in [-0.3, -0.25) is 4.68 Å². The third-order valence-electron chi connectivity index (χ3n) is 5.13. The van der Waals surface area contributed by atoms with Crippen molar-refractivity contribution in [1.82, 2.24) is 19.9 Å². The molecule has 4 aromatic rings. The first-order chi connectivity index (χ1) is 14.7. The number of ether oxygens (including phenoxy) is 2. The van der Waals surface area contributed by atoms with Gasteiger partial charge in [0.25, 0.3) is 5.89 Å². The molecule has 7 heteroatoms. The minimum atomic E-state index is -0.0228. The van der Waals surface area contributed by atoms with Gasteiger partial charge in [0.05, 0.1) is 25.5 Å². The van der Waals surface area contributed by atoms with Crippen molar-refractivity contribution >= 4 is 0 Å². The second kappa shape index (κ2) is 7.76. The van der Waals surface area contributed by atoms with Gasteiger partial charge >= 0.3 is 0 Å². The molecule has 0 saturated carbocycles. The SMILES string of the molecule is CCOc1cccc(-c2noc(-c3cc4n(n3)C[C@@H](c3ccc(C)cc3)OC4)n2)c1. The van der Waals surface area contributed by atoms with Crippen LogP contribution in [0.25, 0.3) is 23.0 Å². The van der Waals surface area contributed by atoms with Crippen molar-refractivity contribution in [3.8, 4) is 28.7 Å². The molecule has 2 aromatic carbocycles. The molecule has 1 aliphatic heterocycles. The molecule has 0 amide bonds. The van der Waals surface area contributed by atoms with E-state index in [-0.39, 0.29) is 6.10 Å². The van der Waals surface area contributed by atoms with Crippen molar-refractivity contribution in [2.75, 3.05) is 6.61 Å². The lowest BCUT2D eigenvalue weighted by Gasteiger charge is -2.24. The van der Waals surface area contributed by atoms with E-state index in [1.807, 2.05) is 41.9 Å². The lowest BCUT2D eigenvalue weighted by Crippen LogP contribution is -2.21. The van der Waals surface area contributed by atoms with Gasteiger partial charge in [-0.15, -0.1) is 0 Å². The molecule has 0 bridgehead atoms. The van der Waals surface area contributed by atoms with Gasteiger partial charge in [-0.05, 0) is 37.6 Å². The maximum absolute atomic E-state index is 6.05. The number of hydrogen-bond acceptors (Lipinski definition) is 6. The molecule has 1 aliphatic rings. The summed E-state index contributed by atoms with van der Waals surface area (Å²) in [5.41, 5.74) is 4.86. The van der Waals surface area contributed by atoms with Crippen LogP contribution in [0.1, 0.15) is 29.8 Å². The highest BCUT2D eigenvalue weighted by Crippen LogP contribution is 2.30. The Balaban J connectivity index is 1.37. The van der Waals surface area contributed by atoms with Gasteiger partial charge in [0.1, 0.15) is 11.9 Å². The minimum Gasteiger partial charge on any atom is -0.494 e. The fraction of sp³-hybridized carbons (Fsp3) is 0.261. The topological polar surface area (TPSA) is 75.2 Å². The summed E-state index contributed by atoms with van der Waals surface area (Å²) in [5, 5.41) is 8.80. The number of fused-ring (bicyclic) bond motifs is 1. The normalized spacial score (nSPS) is 15.7. The largest absolute Gasteiger partial charge is 0.494 e. The Morgan fingerprint density at radius 2 is 2.00 bits per heavy atom. The van der Waals surface area contributed by atoms with Crippen molar-refractivity contribution in [3.05, 3.63) is 71.4 Å². The number of nitrogens with zero attached hydrogens (tertiary/aromatic N) is 4. The van der Waals surface area contributed by atoms with Crippen molar-refractivity contribution < 1.29 is 14.0 Å². The van der Waals surface area contributed by atoms with Crippen LogP contribution in [0, 0.1) is 6.92 Å². The maximum Gasteiger partial charge on any atom is 0.278 e. The van der Waals surface area contributed by atoms with Crippen LogP contribution in [0.4, 0.5) is 0 Å². The molecular formula is C23H22N4O3. The zero-order valence-corrected chi connectivity index (χ0v) is 16.9. The van der Waals surface area contributed by atoms with E-state index in [4.69, 9.17) is 14.0 Å². The smallest absolute Gasteiger partial charge is 0.278 e. The molecule has 30 heavy (non-hydrogen) atoms. The molecule has 0 saturated heterocycles. The molecule has 5 rings (SSSR count). The molecule has 3 heterocycles. The van der Waals surface area contributed by atoms with Crippen LogP contribution in [0.15, 0.2) is 59.1 Å². The van der Waals surface area contributed by atoms with Crippen LogP contribution in [0.3, 0.4) is 0 Å². The molecule has 0 N–H and O–H groups in total. The fourth-order valence-electron chi connectivity index (χ4n) is 3.55. The van der Waals surface area contributed by atoms with E-state index in [0.717, 1.165) is 22.6 Å². The predicted molar refractivity (Wildman–Crippen MR) is 111 cm³/mol. The molecular weight excluding hydrogens is 380 g/mol. The van der Waals surface area contributed by atoms with E-state index >= 15 is 0 Å². The Kier molecular flexibility index (Phi) is 4.80.